The average Bonchev–Trinajstić information content (AvgIpc) is 2.97. The molecule has 2 fully saturated rings. The van der Waals surface area contributed by atoms with Crippen LogP contribution >= 0.6 is 0 Å². The normalized spacial score (nSPS) is 31.5. The fraction of sp³-hybridized carbons (Fsp3) is 0.600. The number of amides is 2. The lowest BCUT2D eigenvalue weighted by molar-refractivity contribution is -0.129. The van der Waals surface area contributed by atoms with E-state index < -0.39 is 0 Å². The quantitative estimate of drug-likeness (QED) is 0.823. The molecule has 146 valence electrons. The van der Waals surface area contributed by atoms with E-state index in [1.807, 2.05) is 30.0 Å². The highest BCUT2D eigenvalue weighted by atomic mass is 16.5. The Kier molecular flexibility index (Phi) is 5.16. The summed E-state index contributed by atoms with van der Waals surface area (Å²) < 4.78 is 5.60. The fourth-order valence-electron chi connectivity index (χ4n) is 4.45. The largest absolute Gasteiger partial charge is 0.376 e. The summed E-state index contributed by atoms with van der Waals surface area (Å²) in [6.07, 6.45) is 1.29. The van der Waals surface area contributed by atoms with Crippen molar-refractivity contribution in [1.82, 2.24) is 15.5 Å². The third-order valence-corrected chi connectivity index (χ3v) is 5.68. The van der Waals surface area contributed by atoms with Crippen LogP contribution in [0.5, 0.6) is 0 Å². The Morgan fingerprint density at radius 2 is 2.07 bits per heavy atom. The molecule has 3 heterocycles. The number of hydrogen-bond acceptors (Lipinski definition) is 5. The van der Waals surface area contributed by atoms with Gasteiger partial charge in [0, 0.05) is 24.8 Å². The van der Waals surface area contributed by atoms with Crippen molar-refractivity contribution in [2.24, 2.45) is 0 Å². The second-order valence-electron chi connectivity index (χ2n) is 7.83. The first kappa shape index (κ1) is 18.4. The van der Waals surface area contributed by atoms with Crippen LogP contribution in [0.25, 0.3) is 0 Å². The summed E-state index contributed by atoms with van der Waals surface area (Å²) in [6.45, 7) is 6.38. The lowest BCUT2D eigenvalue weighted by atomic mass is 10.1. The number of benzene rings is 1. The van der Waals surface area contributed by atoms with Crippen LogP contribution in [0.1, 0.15) is 32.3 Å². The number of nitrogens with one attached hydrogen (secondary N) is 2. The molecule has 3 aliphatic rings. The Morgan fingerprint density at radius 3 is 2.89 bits per heavy atom. The van der Waals surface area contributed by atoms with Gasteiger partial charge in [-0.15, -0.1) is 0 Å². The number of rotatable bonds is 3. The number of ether oxygens (including phenoxy) is 1. The van der Waals surface area contributed by atoms with Gasteiger partial charge in [0.1, 0.15) is 0 Å². The number of fused-ring (bicyclic) bond motifs is 1. The standard InChI is InChI=1S/C20H28N4O3/c1-13-9-15-5-3-4-6-16(15)24(13)20(26)10-17-21-18(11-19(25)22-17)23-7-8-27-14(2)12-23/h3-6,13-14,17-18,21H,7-12H2,1-2H3,(H,22,25)/t13-,14?,17?,18?/m0/s1. The minimum Gasteiger partial charge on any atom is -0.376 e. The van der Waals surface area contributed by atoms with Crippen LogP contribution < -0.4 is 15.5 Å². The van der Waals surface area contributed by atoms with Gasteiger partial charge in [0.2, 0.25) is 11.8 Å². The molecule has 2 saturated heterocycles. The zero-order valence-electron chi connectivity index (χ0n) is 16.0. The molecule has 0 aromatic heterocycles. The second kappa shape index (κ2) is 7.58. The van der Waals surface area contributed by atoms with Crippen LogP contribution in [0.3, 0.4) is 0 Å². The average molecular weight is 372 g/mol. The first-order chi connectivity index (χ1) is 13.0. The van der Waals surface area contributed by atoms with Gasteiger partial charge in [-0.1, -0.05) is 18.2 Å². The first-order valence-corrected chi connectivity index (χ1v) is 9.82. The molecule has 1 aromatic rings. The molecule has 2 amide bonds. The number of carbonyl (C=O) groups is 2. The van der Waals surface area contributed by atoms with Gasteiger partial charge in [-0.3, -0.25) is 19.8 Å². The van der Waals surface area contributed by atoms with Crippen molar-refractivity contribution in [2.75, 3.05) is 24.6 Å². The molecule has 27 heavy (non-hydrogen) atoms. The molecule has 4 atom stereocenters. The number of para-hydroxylation sites is 1. The minimum absolute atomic E-state index is 0.00874. The predicted octanol–water partition coefficient (Wildman–Crippen LogP) is 0.837. The molecule has 0 bridgehead atoms. The van der Waals surface area contributed by atoms with Gasteiger partial charge < -0.3 is 15.0 Å². The molecule has 0 spiro atoms. The summed E-state index contributed by atoms with van der Waals surface area (Å²) in [5, 5.41) is 6.39. The van der Waals surface area contributed by atoms with Crippen LogP contribution in [0.4, 0.5) is 5.69 Å². The SMILES string of the molecule is CC1CN(C2CC(=O)NC(CC(=O)N3c4ccccc4C[C@@H]3C)N2)CCO1. The molecule has 3 aliphatic heterocycles. The van der Waals surface area contributed by atoms with Gasteiger partial charge in [0.05, 0.1) is 37.9 Å². The first-order valence-electron chi connectivity index (χ1n) is 9.82. The number of morpholine rings is 1. The van der Waals surface area contributed by atoms with Gasteiger partial charge in [0.25, 0.3) is 0 Å². The maximum atomic E-state index is 13.0. The summed E-state index contributed by atoms with van der Waals surface area (Å²) in [4.78, 5) is 29.4. The summed E-state index contributed by atoms with van der Waals surface area (Å²) in [5.74, 6) is 0.0341. The molecule has 0 saturated carbocycles. The molecule has 3 unspecified atom stereocenters. The van der Waals surface area contributed by atoms with E-state index in [0.717, 1.165) is 25.2 Å². The van der Waals surface area contributed by atoms with Crippen molar-refractivity contribution in [3.8, 4) is 0 Å². The maximum Gasteiger partial charge on any atom is 0.230 e. The van der Waals surface area contributed by atoms with E-state index >= 15 is 0 Å². The van der Waals surface area contributed by atoms with E-state index in [9.17, 15) is 9.59 Å². The van der Waals surface area contributed by atoms with Gasteiger partial charge >= 0.3 is 0 Å². The van der Waals surface area contributed by atoms with Crippen molar-refractivity contribution >= 4 is 17.5 Å². The van der Waals surface area contributed by atoms with Crippen molar-refractivity contribution in [2.45, 2.75) is 57.6 Å². The van der Waals surface area contributed by atoms with E-state index in [-0.39, 0.29) is 42.7 Å². The van der Waals surface area contributed by atoms with Crippen LogP contribution in [0.15, 0.2) is 24.3 Å². The Bertz CT molecular complexity index is 725. The lowest BCUT2D eigenvalue weighted by Crippen LogP contribution is -2.64. The Hall–Kier alpha value is -1.96. The number of nitrogens with zero attached hydrogens (tertiary/aromatic N) is 2. The van der Waals surface area contributed by atoms with Crippen molar-refractivity contribution < 1.29 is 14.3 Å². The van der Waals surface area contributed by atoms with Crippen LogP contribution in [-0.2, 0) is 20.7 Å². The van der Waals surface area contributed by atoms with Crippen LogP contribution in [0, 0.1) is 0 Å². The molecular weight excluding hydrogens is 344 g/mol. The zero-order chi connectivity index (χ0) is 19.0. The van der Waals surface area contributed by atoms with Crippen LogP contribution in [0.2, 0.25) is 0 Å². The summed E-state index contributed by atoms with van der Waals surface area (Å²) >= 11 is 0. The molecular formula is C20H28N4O3. The lowest BCUT2D eigenvalue weighted by Gasteiger charge is -2.42. The minimum atomic E-state index is -0.345. The fourth-order valence-corrected chi connectivity index (χ4v) is 4.45. The van der Waals surface area contributed by atoms with E-state index in [1.54, 1.807) is 0 Å². The maximum absolute atomic E-state index is 13.0. The molecule has 7 heteroatoms. The smallest absolute Gasteiger partial charge is 0.230 e. The molecule has 1 aromatic carbocycles. The number of hydrogen-bond donors (Lipinski definition) is 2. The Labute approximate surface area is 160 Å². The molecule has 0 aliphatic carbocycles. The van der Waals surface area contributed by atoms with E-state index in [2.05, 4.69) is 28.5 Å². The van der Waals surface area contributed by atoms with Crippen molar-refractivity contribution in [1.29, 1.82) is 0 Å². The highest BCUT2D eigenvalue weighted by Gasteiger charge is 2.36. The highest BCUT2D eigenvalue weighted by molar-refractivity contribution is 5.96. The Balaban J connectivity index is 1.42. The third kappa shape index (κ3) is 3.85. The van der Waals surface area contributed by atoms with E-state index in [1.165, 1.54) is 5.56 Å². The van der Waals surface area contributed by atoms with Gasteiger partial charge in [-0.05, 0) is 31.9 Å². The second-order valence-corrected chi connectivity index (χ2v) is 7.83. The van der Waals surface area contributed by atoms with E-state index in [0.29, 0.717) is 13.0 Å². The van der Waals surface area contributed by atoms with E-state index in [4.69, 9.17) is 4.74 Å². The Morgan fingerprint density at radius 1 is 1.26 bits per heavy atom. The van der Waals surface area contributed by atoms with Gasteiger partial charge in [0.15, 0.2) is 0 Å². The van der Waals surface area contributed by atoms with Gasteiger partial charge in [-0.2, -0.15) is 0 Å². The number of carbonyl (C=O) groups excluding carboxylic acids is 2. The molecule has 0 radical (unpaired) electrons. The van der Waals surface area contributed by atoms with Crippen LogP contribution in [-0.4, -0.2) is 60.9 Å². The highest BCUT2D eigenvalue weighted by Crippen LogP contribution is 2.32. The molecule has 2 N–H and O–H groups in total. The summed E-state index contributed by atoms with van der Waals surface area (Å²) in [6, 6.07) is 8.20. The summed E-state index contributed by atoms with van der Waals surface area (Å²) in [5.41, 5.74) is 2.20. The zero-order valence-corrected chi connectivity index (χ0v) is 16.0. The third-order valence-electron chi connectivity index (χ3n) is 5.68. The topological polar surface area (TPSA) is 73.9 Å². The van der Waals surface area contributed by atoms with Gasteiger partial charge in [-0.25, -0.2) is 0 Å². The summed E-state index contributed by atoms with van der Waals surface area (Å²) in [7, 11) is 0. The molecule has 7 nitrogen and oxygen atoms in total. The van der Waals surface area contributed by atoms with Crippen molar-refractivity contribution in [3.63, 3.8) is 0 Å². The monoisotopic (exact) mass is 372 g/mol. The predicted molar refractivity (Wildman–Crippen MR) is 102 cm³/mol. The molecule has 4 rings (SSSR count). The number of anilines is 1. The van der Waals surface area contributed by atoms with Crippen molar-refractivity contribution in [3.05, 3.63) is 29.8 Å².